The van der Waals surface area contributed by atoms with Crippen molar-refractivity contribution in [3.63, 3.8) is 0 Å². The maximum atomic E-state index is 13.0. The second-order valence-electron chi connectivity index (χ2n) is 9.33. The molecular weight excluding hydrogens is 480 g/mol. The molecule has 3 amide bonds. The molecule has 0 aliphatic carbocycles. The number of aliphatic hydroxyl groups is 1. The van der Waals surface area contributed by atoms with Gasteiger partial charge < -0.3 is 42.6 Å². The highest BCUT2D eigenvalue weighted by atomic mass is 16.4. The third kappa shape index (κ3) is 8.55. The summed E-state index contributed by atoms with van der Waals surface area (Å²) in [5, 5.41) is 27.3. The number of rotatable bonds is 15. The van der Waals surface area contributed by atoms with Gasteiger partial charge in [0.05, 0.1) is 12.6 Å². The molecule has 0 saturated carbocycles. The Morgan fingerprint density at radius 2 is 1.62 bits per heavy atom. The smallest absolute Gasteiger partial charge is 0.326 e. The number of benzene rings is 1. The summed E-state index contributed by atoms with van der Waals surface area (Å²) in [7, 11) is 0. The van der Waals surface area contributed by atoms with Crippen molar-refractivity contribution in [1.82, 2.24) is 20.9 Å². The van der Waals surface area contributed by atoms with Crippen LogP contribution in [-0.4, -0.2) is 76.2 Å². The number of fused-ring (bicyclic) bond motifs is 1. The normalized spacial score (nSPS) is 14.5. The number of carboxylic acids is 1. The highest BCUT2D eigenvalue weighted by Gasteiger charge is 2.31. The minimum Gasteiger partial charge on any atom is -0.480 e. The number of aromatic amines is 1. The third-order valence-corrected chi connectivity index (χ3v) is 6.08. The molecule has 1 aromatic heterocycles. The van der Waals surface area contributed by atoms with Crippen molar-refractivity contribution in [1.29, 1.82) is 0 Å². The quantitative estimate of drug-likeness (QED) is 0.142. The van der Waals surface area contributed by atoms with E-state index in [2.05, 4.69) is 20.9 Å². The predicted molar refractivity (Wildman–Crippen MR) is 138 cm³/mol. The number of H-pyrrole nitrogens is 1. The number of aromatic nitrogens is 1. The van der Waals surface area contributed by atoms with Crippen molar-refractivity contribution in [2.45, 2.75) is 63.7 Å². The van der Waals surface area contributed by atoms with Crippen molar-refractivity contribution in [3.05, 3.63) is 36.0 Å². The van der Waals surface area contributed by atoms with Crippen LogP contribution in [0.1, 0.15) is 38.7 Å². The van der Waals surface area contributed by atoms with E-state index in [-0.39, 0.29) is 12.8 Å². The molecule has 2 aromatic rings. The second-order valence-corrected chi connectivity index (χ2v) is 9.33. The largest absolute Gasteiger partial charge is 0.480 e. The zero-order chi connectivity index (χ0) is 27.5. The van der Waals surface area contributed by atoms with E-state index in [0.29, 0.717) is 19.4 Å². The fourth-order valence-corrected chi connectivity index (χ4v) is 3.90. The molecule has 0 aliphatic rings. The lowest BCUT2D eigenvalue weighted by molar-refractivity contribution is -0.143. The number of unbranched alkanes of at least 4 members (excludes halogenated alkanes) is 1. The van der Waals surface area contributed by atoms with Crippen LogP contribution >= 0.6 is 0 Å². The molecule has 0 fully saturated rings. The molecule has 12 heteroatoms. The summed E-state index contributed by atoms with van der Waals surface area (Å²) in [5.74, 6) is -3.75. The van der Waals surface area contributed by atoms with Crippen LogP contribution in [0.15, 0.2) is 30.5 Å². The molecule has 4 unspecified atom stereocenters. The van der Waals surface area contributed by atoms with E-state index in [1.165, 1.54) is 0 Å². The average Bonchev–Trinajstić information content (AvgIpc) is 3.27. The van der Waals surface area contributed by atoms with Gasteiger partial charge >= 0.3 is 5.97 Å². The van der Waals surface area contributed by atoms with Gasteiger partial charge in [0.25, 0.3) is 0 Å². The van der Waals surface area contributed by atoms with Crippen LogP contribution in [0.3, 0.4) is 0 Å². The van der Waals surface area contributed by atoms with Crippen LogP contribution in [0.25, 0.3) is 10.9 Å². The van der Waals surface area contributed by atoms with Crippen molar-refractivity contribution in [2.75, 3.05) is 13.2 Å². The molecule has 2 rings (SSSR count). The number of aliphatic carboxylic acids is 1. The third-order valence-electron chi connectivity index (χ3n) is 6.08. The molecule has 4 atom stereocenters. The van der Waals surface area contributed by atoms with Gasteiger partial charge in [-0.2, -0.15) is 0 Å². The predicted octanol–water partition coefficient (Wildman–Crippen LogP) is -0.646. The number of carbonyl (C=O) groups excluding carboxylic acids is 3. The minimum atomic E-state index is -1.40. The van der Waals surface area contributed by atoms with Gasteiger partial charge in [-0.1, -0.05) is 32.0 Å². The molecule has 1 aromatic carbocycles. The first-order valence-electron chi connectivity index (χ1n) is 12.3. The summed E-state index contributed by atoms with van der Waals surface area (Å²) in [6.07, 6.45) is 3.39. The van der Waals surface area contributed by atoms with Crippen molar-refractivity contribution >= 4 is 34.6 Å². The number of nitrogens with one attached hydrogen (secondary N) is 4. The maximum Gasteiger partial charge on any atom is 0.326 e. The lowest BCUT2D eigenvalue weighted by atomic mass is 10.0. The van der Waals surface area contributed by atoms with Crippen LogP contribution < -0.4 is 27.4 Å². The second kappa shape index (κ2) is 14.3. The summed E-state index contributed by atoms with van der Waals surface area (Å²) in [6.45, 7) is 2.88. The Kier molecular flexibility index (Phi) is 11.5. The molecular formula is C25H38N6O6. The monoisotopic (exact) mass is 518 g/mol. The maximum absolute atomic E-state index is 13.0. The lowest BCUT2D eigenvalue weighted by Crippen LogP contribution is -2.58. The SMILES string of the molecule is CC(C)C(NC(=O)C(CO)NC(=O)C(CCCCN)NC(=O)C(N)Cc1c[nH]c2ccccc12)C(=O)O. The molecule has 1 heterocycles. The van der Waals surface area contributed by atoms with Crippen LogP contribution in [0.5, 0.6) is 0 Å². The molecule has 10 N–H and O–H groups in total. The number of hydrogen-bond donors (Lipinski definition) is 8. The van der Waals surface area contributed by atoms with Gasteiger partial charge in [-0.05, 0) is 49.8 Å². The van der Waals surface area contributed by atoms with Gasteiger partial charge in [0.15, 0.2) is 0 Å². The summed E-state index contributed by atoms with van der Waals surface area (Å²) >= 11 is 0. The highest BCUT2D eigenvalue weighted by Crippen LogP contribution is 2.19. The summed E-state index contributed by atoms with van der Waals surface area (Å²) in [4.78, 5) is 53.0. The Bertz CT molecular complexity index is 1070. The fourth-order valence-electron chi connectivity index (χ4n) is 3.90. The molecule has 0 bridgehead atoms. The van der Waals surface area contributed by atoms with Crippen molar-refractivity contribution < 1.29 is 29.4 Å². The molecule has 12 nitrogen and oxygen atoms in total. The fraction of sp³-hybridized carbons (Fsp3) is 0.520. The van der Waals surface area contributed by atoms with Gasteiger partial charge in [-0.25, -0.2) is 4.79 Å². The van der Waals surface area contributed by atoms with Gasteiger partial charge in [0, 0.05) is 17.1 Å². The molecule has 37 heavy (non-hydrogen) atoms. The topological polar surface area (TPSA) is 213 Å². The van der Waals surface area contributed by atoms with Crippen LogP contribution in [0.2, 0.25) is 0 Å². The lowest BCUT2D eigenvalue weighted by Gasteiger charge is -2.25. The first-order valence-corrected chi connectivity index (χ1v) is 12.3. The Morgan fingerprint density at radius 3 is 2.24 bits per heavy atom. The van der Waals surface area contributed by atoms with Crippen molar-refractivity contribution in [2.24, 2.45) is 17.4 Å². The molecule has 0 saturated heterocycles. The number of carboxylic acid groups (broad SMARTS) is 1. The number of carbonyl (C=O) groups is 4. The number of hydrogen-bond acceptors (Lipinski definition) is 7. The van der Waals surface area contributed by atoms with Gasteiger partial charge in [0.2, 0.25) is 17.7 Å². The van der Waals surface area contributed by atoms with E-state index in [9.17, 15) is 29.4 Å². The Balaban J connectivity index is 2.07. The molecule has 0 radical (unpaired) electrons. The molecule has 0 aliphatic heterocycles. The van der Waals surface area contributed by atoms with Crippen LogP contribution in [0, 0.1) is 5.92 Å². The number of nitrogens with two attached hydrogens (primary N) is 2. The first kappa shape index (κ1) is 29.7. The average molecular weight is 519 g/mol. The summed E-state index contributed by atoms with van der Waals surface area (Å²) in [5.41, 5.74) is 13.5. The zero-order valence-corrected chi connectivity index (χ0v) is 21.2. The number of amides is 3. The van der Waals surface area contributed by atoms with E-state index < -0.39 is 60.4 Å². The van der Waals surface area contributed by atoms with Crippen molar-refractivity contribution in [3.8, 4) is 0 Å². The minimum absolute atomic E-state index is 0.234. The van der Waals surface area contributed by atoms with E-state index in [1.54, 1.807) is 20.0 Å². The Hall–Kier alpha value is -3.48. The zero-order valence-electron chi connectivity index (χ0n) is 21.2. The van der Waals surface area contributed by atoms with E-state index in [1.807, 2.05) is 24.3 Å². The van der Waals surface area contributed by atoms with Gasteiger partial charge in [-0.3, -0.25) is 14.4 Å². The van der Waals surface area contributed by atoms with E-state index in [0.717, 1.165) is 16.5 Å². The molecule has 204 valence electrons. The standard InChI is InChI=1S/C25H38N6O6/c1-14(2)21(25(36)37)31-24(35)20(13-32)30-23(34)19(9-5-6-10-26)29-22(33)17(27)11-15-12-28-18-8-4-3-7-16(15)18/h3-4,7-8,12,14,17,19-21,28,32H,5-6,9-11,13,26-27H2,1-2H3,(H,29,33)(H,30,34)(H,31,35)(H,36,37). The van der Waals surface area contributed by atoms with Gasteiger partial charge in [0.1, 0.15) is 18.1 Å². The number of aliphatic hydroxyl groups excluding tert-OH is 1. The summed E-state index contributed by atoms with van der Waals surface area (Å²) in [6, 6.07) is 3.04. The van der Waals surface area contributed by atoms with Gasteiger partial charge in [-0.15, -0.1) is 0 Å². The Labute approximate surface area is 215 Å². The van der Waals surface area contributed by atoms with Crippen LogP contribution in [0.4, 0.5) is 0 Å². The number of para-hydroxylation sites is 1. The summed E-state index contributed by atoms with van der Waals surface area (Å²) < 4.78 is 0. The molecule has 0 spiro atoms. The Morgan fingerprint density at radius 1 is 0.973 bits per heavy atom. The van der Waals surface area contributed by atoms with E-state index in [4.69, 9.17) is 11.5 Å². The van der Waals surface area contributed by atoms with E-state index >= 15 is 0 Å². The van der Waals surface area contributed by atoms with Crippen LogP contribution in [-0.2, 0) is 25.6 Å². The first-order chi connectivity index (χ1) is 17.6. The highest BCUT2D eigenvalue weighted by molar-refractivity contribution is 5.94.